The zero-order chi connectivity index (χ0) is 18.4. The molecule has 2 aliphatic rings. The molecule has 2 fully saturated rings. The SMILES string of the molecule is CN(Cc1ccccc1N1CCCC1)C(=O)CCNC(=O)C1CCCC1. The fraction of sp³-hybridized carbons (Fsp3) is 0.619. The van der Waals surface area contributed by atoms with Crippen LogP contribution in [-0.4, -0.2) is 43.4 Å². The van der Waals surface area contributed by atoms with Crippen molar-refractivity contribution in [2.24, 2.45) is 5.92 Å². The summed E-state index contributed by atoms with van der Waals surface area (Å²) in [5, 5.41) is 2.94. The van der Waals surface area contributed by atoms with Crippen molar-refractivity contribution < 1.29 is 9.59 Å². The van der Waals surface area contributed by atoms with E-state index >= 15 is 0 Å². The van der Waals surface area contributed by atoms with Crippen LogP contribution >= 0.6 is 0 Å². The second-order valence-corrected chi connectivity index (χ2v) is 7.60. The first kappa shape index (κ1) is 18.7. The van der Waals surface area contributed by atoms with Gasteiger partial charge in [-0.25, -0.2) is 0 Å². The smallest absolute Gasteiger partial charge is 0.224 e. The van der Waals surface area contributed by atoms with E-state index in [-0.39, 0.29) is 17.7 Å². The molecule has 3 rings (SSSR count). The largest absolute Gasteiger partial charge is 0.371 e. The van der Waals surface area contributed by atoms with Gasteiger partial charge in [-0.1, -0.05) is 31.0 Å². The summed E-state index contributed by atoms with van der Waals surface area (Å²) in [6.45, 7) is 3.25. The van der Waals surface area contributed by atoms with Crippen LogP contribution in [0.2, 0.25) is 0 Å². The van der Waals surface area contributed by atoms with Crippen molar-refractivity contribution in [1.82, 2.24) is 10.2 Å². The standard InChI is InChI=1S/C21H31N3O2/c1-23(20(25)12-13-22-21(26)17-8-2-3-9-17)16-18-10-4-5-11-19(18)24-14-6-7-15-24/h4-5,10-11,17H,2-3,6-9,12-16H2,1H3,(H,22,26). The highest BCUT2D eigenvalue weighted by Crippen LogP contribution is 2.26. The third kappa shape index (κ3) is 4.77. The van der Waals surface area contributed by atoms with Crippen molar-refractivity contribution >= 4 is 17.5 Å². The Balaban J connectivity index is 1.47. The van der Waals surface area contributed by atoms with Crippen molar-refractivity contribution in [3.8, 4) is 0 Å². The summed E-state index contributed by atoms with van der Waals surface area (Å²) in [5.41, 5.74) is 2.44. The average Bonchev–Trinajstić information content (AvgIpc) is 3.35. The maximum Gasteiger partial charge on any atom is 0.224 e. The van der Waals surface area contributed by atoms with E-state index < -0.39 is 0 Å². The Morgan fingerprint density at radius 1 is 1.12 bits per heavy atom. The Bertz CT molecular complexity index is 619. The van der Waals surface area contributed by atoms with Crippen molar-refractivity contribution in [2.45, 2.75) is 51.5 Å². The summed E-state index contributed by atoms with van der Waals surface area (Å²) in [7, 11) is 1.85. The first-order chi connectivity index (χ1) is 12.6. The van der Waals surface area contributed by atoms with Crippen LogP contribution in [0.1, 0.15) is 50.5 Å². The van der Waals surface area contributed by atoms with E-state index in [1.54, 1.807) is 4.90 Å². The van der Waals surface area contributed by atoms with Crippen molar-refractivity contribution in [1.29, 1.82) is 0 Å². The number of rotatable bonds is 7. The highest BCUT2D eigenvalue weighted by molar-refractivity contribution is 5.80. The van der Waals surface area contributed by atoms with E-state index in [4.69, 9.17) is 0 Å². The van der Waals surface area contributed by atoms with Crippen LogP contribution < -0.4 is 10.2 Å². The molecule has 1 heterocycles. The minimum atomic E-state index is 0.0768. The minimum absolute atomic E-state index is 0.0768. The topological polar surface area (TPSA) is 52.6 Å². The van der Waals surface area contributed by atoms with Gasteiger partial charge in [-0.05, 0) is 37.3 Å². The molecule has 1 saturated carbocycles. The molecule has 0 radical (unpaired) electrons. The number of carbonyl (C=O) groups is 2. The normalized spacial score (nSPS) is 17.5. The second-order valence-electron chi connectivity index (χ2n) is 7.60. The van der Waals surface area contributed by atoms with Crippen molar-refractivity contribution in [3.63, 3.8) is 0 Å². The number of hydrogen-bond donors (Lipinski definition) is 1. The summed E-state index contributed by atoms with van der Waals surface area (Å²) in [4.78, 5) is 28.7. The van der Waals surface area contributed by atoms with Gasteiger partial charge >= 0.3 is 0 Å². The number of benzene rings is 1. The molecule has 1 aromatic carbocycles. The predicted octanol–water partition coefficient (Wildman–Crippen LogP) is 2.94. The van der Waals surface area contributed by atoms with Gasteiger partial charge in [0.15, 0.2) is 0 Å². The average molecular weight is 357 g/mol. The molecule has 5 nitrogen and oxygen atoms in total. The molecule has 1 aliphatic carbocycles. The van der Waals surface area contributed by atoms with E-state index in [0.29, 0.717) is 19.5 Å². The molecule has 0 bridgehead atoms. The monoisotopic (exact) mass is 357 g/mol. The summed E-state index contributed by atoms with van der Waals surface area (Å²) >= 11 is 0. The molecule has 0 atom stereocenters. The molecule has 1 aliphatic heterocycles. The Morgan fingerprint density at radius 3 is 2.54 bits per heavy atom. The van der Waals surface area contributed by atoms with E-state index in [0.717, 1.165) is 38.8 Å². The molecule has 0 spiro atoms. The number of hydrogen-bond acceptors (Lipinski definition) is 3. The summed E-state index contributed by atoms with van der Waals surface area (Å²) in [6.07, 6.45) is 7.13. The van der Waals surface area contributed by atoms with Gasteiger partial charge in [-0.15, -0.1) is 0 Å². The number of nitrogens with one attached hydrogen (secondary N) is 1. The van der Waals surface area contributed by atoms with Crippen LogP contribution in [0.3, 0.4) is 0 Å². The fourth-order valence-electron chi connectivity index (χ4n) is 4.07. The third-order valence-electron chi connectivity index (χ3n) is 5.64. The van der Waals surface area contributed by atoms with E-state index in [1.807, 2.05) is 13.1 Å². The van der Waals surface area contributed by atoms with E-state index in [9.17, 15) is 9.59 Å². The quantitative estimate of drug-likeness (QED) is 0.816. The Labute approximate surface area is 156 Å². The highest BCUT2D eigenvalue weighted by Gasteiger charge is 2.22. The lowest BCUT2D eigenvalue weighted by molar-refractivity contribution is -0.130. The van der Waals surface area contributed by atoms with Crippen LogP contribution in [0.25, 0.3) is 0 Å². The van der Waals surface area contributed by atoms with Crippen LogP contribution in [0.4, 0.5) is 5.69 Å². The highest BCUT2D eigenvalue weighted by atomic mass is 16.2. The second kappa shape index (κ2) is 9.06. The molecule has 1 aromatic rings. The Hall–Kier alpha value is -2.04. The molecule has 1 N–H and O–H groups in total. The van der Waals surface area contributed by atoms with Gasteiger partial charge in [0.25, 0.3) is 0 Å². The molecule has 5 heteroatoms. The molecule has 2 amide bonds. The maximum atomic E-state index is 12.4. The minimum Gasteiger partial charge on any atom is -0.371 e. The molecular formula is C21H31N3O2. The van der Waals surface area contributed by atoms with Gasteiger partial charge in [-0.2, -0.15) is 0 Å². The lowest BCUT2D eigenvalue weighted by atomic mass is 10.1. The number of para-hydroxylation sites is 1. The lowest BCUT2D eigenvalue weighted by Crippen LogP contribution is -2.34. The van der Waals surface area contributed by atoms with Crippen molar-refractivity contribution in [3.05, 3.63) is 29.8 Å². The van der Waals surface area contributed by atoms with Gasteiger partial charge in [0.2, 0.25) is 11.8 Å². The van der Waals surface area contributed by atoms with Gasteiger partial charge in [0.05, 0.1) is 0 Å². The van der Waals surface area contributed by atoms with Gasteiger partial charge in [0, 0.05) is 51.3 Å². The zero-order valence-electron chi connectivity index (χ0n) is 15.9. The zero-order valence-corrected chi connectivity index (χ0v) is 15.9. The molecule has 1 saturated heterocycles. The predicted molar refractivity (Wildman–Crippen MR) is 104 cm³/mol. The number of carbonyl (C=O) groups excluding carboxylic acids is 2. The van der Waals surface area contributed by atoms with Gasteiger partial charge < -0.3 is 15.1 Å². The van der Waals surface area contributed by atoms with E-state index in [2.05, 4.69) is 28.4 Å². The molecule has 0 aromatic heterocycles. The number of nitrogens with zero attached hydrogens (tertiary/aromatic N) is 2. The fourth-order valence-corrected chi connectivity index (χ4v) is 4.07. The molecular weight excluding hydrogens is 326 g/mol. The first-order valence-electron chi connectivity index (χ1n) is 9.99. The van der Waals surface area contributed by atoms with Crippen LogP contribution in [0.15, 0.2) is 24.3 Å². The molecule has 0 unspecified atom stereocenters. The Kier molecular flexibility index (Phi) is 6.53. The van der Waals surface area contributed by atoms with Gasteiger partial charge in [-0.3, -0.25) is 9.59 Å². The first-order valence-corrected chi connectivity index (χ1v) is 9.99. The summed E-state index contributed by atoms with van der Waals surface area (Å²) in [5.74, 6) is 0.362. The summed E-state index contributed by atoms with van der Waals surface area (Å²) < 4.78 is 0. The third-order valence-corrected chi connectivity index (χ3v) is 5.64. The lowest BCUT2D eigenvalue weighted by Gasteiger charge is -2.24. The van der Waals surface area contributed by atoms with E-state index in [1.165, 1.54) is 24.1 Å². The number of anilines is 1. The maximum absolute atomic E-state index is 12.4. The molecule has 142 valence electrons. The number of amides is 2. The van der Waals surface area contributed by atoms with Crippen molar-refractivity contribution in [2.75, 3.05) is 31.6 Å². The molecule has 26 heavy (non-hydrogen) atoms. The van der Waals surface area contributed by atoms with Crippen LogP contribution in [0.5, 0.6) is 0 Å². The Morgan fingerprint density at radius 2 is 1.81 bits per heavy atom. The van der Waals surface area contributed by atoms with Crippen LogP contribution in [-0.2, 0) is 16.1 Å². The summed E-state index contributed by atoms with van der Waals surface area (Å²) in [6, 6.07) is 8.37. The van der Waals surface area contributed by atoms with Crippen LogP contribution in [0, 0.1) is 5.92 Å². The van der Waals surface area contributed by atoms with Gasteiger partial charge in [0.1, 0.15) is 0 Å².